The summed E-state index contributed by atoms with van der Waals surface area (Å²) in [5, 5.41) is 3.22. The number of hydrogen-bond donors (Lipinski definition) is 1. The summed E-state index contributed by atoms with van der Waals surface area (Å²) in [6, 6.07) is 9.98. The van der Waals surface area contributed by atoms with Gasteiger partial charge in [0.1, 0.15) is 5.60 Å². The molecule has 0 radical (unpaired) electrons. The van der Waals surface area contributed by atoms with E-state index in [0.29, 0.717) is 13.2 Å². The normalized spacial score (nSPS) is 14.2. The van der Waals surface area contributed by atoms with Gasteiger partial charge in [-0.05, 0) is 56.8 Å². The predicted octanol–water partition coefficient (Wildman–Crippen LogP) is 10.4. The van der Waals surface area contributed by atoms with Crippen LogP contribution in [0.4, 0.5) is 4.79 Å². The smallest absolute Gasteiger partial charge is 0.408 e. The molecule has 0 saturated heterocycles. The Balaban J connectivity index is 2.79. The van der Waals surface area contributed by atoms with Gasteiger partial charge in [-0.15, -0.1) is 0 Å². The number of carbonyl (C=O) groups excluding carboxylic acids is 1. The average molecular weight is 592 g/mol. The summed E-state index contributed by atoms with van der Waals surface area (Å²) in [5.74, 6) is 0.827. The molecular formula is C35H65NO4Si. The summed E-state index contributed by atoms with van der Waals surface area (Å²) in [4.78, 5) is 12.9. The lowest BCUT2D eigenvalue weighted by Crippen LogP contribution is -2.52. The van der Waals surface area contributed by atoms with Crippen molar-refractivity contribution in [3.05, 3.63) is 35.9 Å². The van der Waals surface area contributed by atoms with E-state index in [4.69, 9.17) is 13.9 Å². The van der Waals surface area contributed by atoms with Gasteiger partial charge >= 0.3 is 6.09 Å². The number of amides is 1. The van der Waals surface area contributed by atoms with Gasteiger partial charge in [-0.2, -0.15) is 0 Å². The van der Waals surface area contributed by atoms with Gasteiger partial charge in [0.15, 0.2) is 8.32 Å². The second-order valence-electron chi connectivity index (χ2n) is 14.8. The van der Waals surface area contributed by atoms with Crippen molar-refractivity contribution < 1.29 is 18.7 Å². The maximum absolute atomic E-state index is 12.9. The maximum atomic E-state index is 12.9. The molecule has 0 aliphatic carbocycles. The van der Waals surface area contributed by atoms with E-state index in [0.717, 1.165) is 24.3 Å². The average Bonchev–Trinajstić information content (AvgIpc) is 2.85. The lowest BCUT2D eigenvalue weighted by Gasteiger charge is -2.38. The minimum atomic E-state index is -2.02. The van der Waals surface area contributed by atoms with Crippen molar-refractivity contribution in [1.29, 1.82) is 0 Å². The molecule has 0 spiro atoms. The number of ether oxygens (including phenoxy) is 2. The summed E-state index contributed by atoms with van der Waals surface area (Å²) in [5.41, 5.74) is 0.566. The molecule has 0 fully saturated rings. The van der Waals surface area contributed by atoms with E-state index < -0.39 is 20.0 Å². The van der Waals surface area contributed by atoms with Crippen molar-refractivity contribution in [2.75, 3.05) is 6.61 Å². The molecular weight excluding hydrogens is 526 g/mol. The van der Waals surface area contributed by atoms with Crippen LogP contribution >= 0.6 is 0 Å². The van der Waals surface area contributed by atoms with Crippen LogP contribution in [0.3, 0.4) is 0 Å². The van der Waals surface area contributed by atoms with Crippen molar-refractivity contribution in [1.82, 2.24) is 5.32 Å². The van der Waals surface area contributed by atoms with Crippen LogP contribution in [0.25, 0.3) is 0 Å². The van der Waals surface area contributed by atoms with Crippen molar-refractivity contribution in [3.63, 3.8) is 0 Å². The molecule has 0 bridgehead atoms. The predicted molar refractivity (Wildman–Crippen MR) is 177 cm³/mol. The van der Waals surface area contributed by atoms with Crippen molar-refractivity contribution in [3.8, 4) is 0 Å². The maximum Gasteiger partial charge on any atom is 0.408 e. The summed E-state index contributed by atoms with van der Waals surface area (Å²) < 4.78 is 18.8. The third-order valence-electron chi connectivity index (χ3n) is 8.16. The van der Waals surface area contributed by atoms with E-state index in [-0.39, 0.29) is 17.2 Å². The van der Waals surface area contributed by atoms with Crippen LogP contribution in [0.15, 0.2) is 30.3 Å². The summed E-state index contributed by atoms with van der Waals surface area (Å²) in [7, 11) is -2.02. The zero-order chi connectivity index (χ0) is 30.9. The third-order valence-corrected chi connectivity index (χ3v) is 12.7. The van der Waals surface area contributed by atoms with E-state index in [1.807, 2.05) is 39.0 Å². The Labute approximate surface area is 255 Å². The van der Waals surface area contributed by atoms with Gasteiger partial charge in [0.2, 0.25) is 0 Å². The van der Waals surface area contributed by atoms with E-state index in [1.165, 1.54) is 57.8 Å². The van der Waals surface area contributed by atoms with Crippen LogP contribution in [0.5, 0.6) is 0 Å². The highest BCUT2D eigenvalue weighted by Gasteiger charge is 2.39. The van der Waals surface area contributed by atoms with Crippen LogP contribution in [0, 0.1) is 5.92 Å². The number of carbonyl (C=O) groups is 1. The van der Waals surface area contributed by atoms with E-state index >= 15 is 0 Å². The van der Waals surface area contributed by atoms with Crippen molar-refractivity contribution in [2.45, 2.75) is 169 Å². The quantitative estimate of drug-likeness (QED) is 0.121. The van der Waals surface area contributed by atoms with Crippen molar-refractivity contribution in [2.24, 2.45) is 5.92 Å². The second kappa shape index (κ2) is 19.0. The SMILES string of the molecule is CC(C)CCCCCCCCCCC[C@@H](OCc1ccccc1)[C@H](CO[Si](C)(C)C(C)(C)C)NC(=O)OC(C)(C)C. The molecule has 1 N–H and O–H groups in total. The van der Waals surface area contributed by atoms with Crippen LogP contribution in [0.1, 0.15) is 132 Å². The first kappa shape index (κ1) is 37.7. The topological polar surface area (TPSA) is 56.8 Å². The van der Waals surface area contributed by atoms with Gasteiger partial charge in [-0.1, -0.05) is 129 Å². The van der Waals surface area contributed by atoms with Gasteiger partial charge in [0, 0.05) is 0 Å². The monoisotopic (exact) mass is 591 g/mol. The molecule has 0 aliphatic heterocycles. The molecule has 6 heteroatoms. The molecule has 5 nitrogen and oxygen atoms in total. The molecule has 2 atom stereocenters. The largest absolute Gasteiger partial charge is 0.444 e. The molecule has 0 unspecified atom stereocenters. The van der Waals surface area contributed by atoms with Gasteiger partial charge in [-0.3, -0.25) is 0 Å². The lowest BCUT2D eigenvalue weighted by atomic mass is 10.0. The number of unbranched alkanes of at least 4 members (excludes halogenated alkanes) is 8. The summed E-state index contributed by atoms with van der Waals surface area (Å²) in [6.45, 7) is 22.5. The standard InChI is InChI=1S/C35H65NO4Si/c1-29(2)23-19-16-14-12-11-13-15-17-22-26-32(38-27-30-24-20-18-21-25-30)31(36-33(37)40-34(3,4)5)28-39-41(9,10)35(6,7)8/h18,20-21,24-25,29,31-32H,11-17,19,22-23,26-28H2,1-10H3,(H,36,37)/t31-,32+/m0/s1. The summed E-state index contributed by atoms with van der Waals surface area (Å²) in [6.07, 6.45) is 13.3. The van der Waals surface area contributed by atoms with Gasteiger partial charge < -0.3 is 19.2 Å². The van der Waals surface area contributed by atoms with Gasteiger partial charge in [-0.25, -0.2) is 4.79 Å². The molecule has 1 aromatic rings. The molecule has 0 aliphatic rings. The van der Waals surface area contributed by atoms with Crippen LogP contribution in [-0.2, 0) is 20.5 Å². The molecule has 1 rings (SSSR count). The fourth-order valence-corrected chi connectivity index (χ4v) is 5.56. The molecule has 41 heavy (non-hydrogen) atoms. The van der Waals surface area contributed by atoms with Crippen LogP contribution in [0.2, 0.25) is 18.1 Å². The second-order valence-corrected chi connectivity index (χ2v) is 19.6. The number of benzene rings is 1. The fraction of sp³-hybridized carbons (Fsp3) is 0.800. The molecule has 238 valence electrons. The molecule has 0 aromatic heterocycles. The Morgan fingerprint density at radius 2 is 1.32 bits per heavy atom. The molecule has 1 amide bonds. The highest BCUT2D eigenvalue weighted by molar-refractivity contribution is 6.74. The number of hydrogen-bond acceptors (Lipinski definition) is 4. The molecule has 1 aromatic carbocycles. The first-order valence-electron chi connectivity index (χ1n) is 16.4. The molecule has 0 saturated carbocycles. The third kappa shape index (κ3) is 18.0. The number of nitrogens with one attached hydrogen (secondary N) is 1. The first-order valence-corrected chi connectivity index (χ1v) is 19.3. The Bertz CT molecular complexity index is 814. The Kier molecular flexibility index (Phi) is 17.5. The molecule has 0 heterocycles. The first-order chi connectivity index (χ1) is 19.1. The van der Waals surface area contributed by atoms with Gasteiger partial charge in [0.05, 0.1) is 25.4 Å². The Hall–Kier alpha value is -1.37. The highest BCUT2D eigenvalue weighted by Crippen LogP contribution is 2.36. The fourth-order valence-electron chi connectivity index (χ4n) is 4.53. The number of rotatable bonds is 20. The van der Waals surface area contributed by atoms with E-state index in [2.05, 4.69) is 65.2 Å². The minimum absolute atomic E-state index is 0.0816. The van der Waals surface area contributed by atoms with E-state index in [1.54, 1.807) is 0 Å². The Morgan fingerprint density at radius 3 is 1.80 bits per heavy atom. The van der Waals surface area contributed by atoms with Crippen LogP contribution in [-0.4, -0.2) is 38.8 Å². The summed E-state index contributed by atoms with van der Waals surface area (Å²) >= 11 is 0. The van der Waals surface area contributed by atoms with Gasteiger partial charge in [0.25, 0.3) is 0 Å². The van der Waals surface area contributed by atoms with Crippen LogP contribution < -0.4 is 5.32 Å². The lowest BCUT2D eigenvalue weighted by molar-refractivity contribution is -0.0108. The zero-order valence-electron chi connectivity index (χ0n) is 28.4. The Morgan fingerprint density at radius 1 is 0.805 bits per heavy atom. The highest BCUT2D eigenvalue weighted by atomic mass is 28.4. The van der Waals surface area contributed by atoms with E-state index in [9.17, 15) is 4.79 Å². The zero-order valence-corrected chi connectivity index (χ0v) is 29.4. The van der Waals surface area contributed by atoms with Crippen molar-refractivity contribution >= 4 is 14.4 Å². The number of alkyl carbamates (subject to hydrolysis) is 1. The minimum Gasteiger partial charge on any atom is -0.444 e.